The first-order chi connectivity index (χ1) is 32.9. The van der Waals surface area contributed by atoms with Gasteiger partial charge >= 0.3 is 7.82 Å². The number of rotatable bonds is 32. The van der Waals surface area contributed by atoms with Crippen molar-refractivity contribution in [2.24, 2.45) is 0 Å². The van der Waals surface area contributed by atoms with Crippen LogP contribution in [0.3, 0.4) is 0 Å². The van der Waals surface area contributed by atoms with E-state index in [9.17, 15) is 9.83 Å². The van der Waals surface area contributed by atoms with Crippen LogP contribution in [0, 0.1) is 11.3 Å². The summed E-state index contributed by atoms with van der Waals surface area (Å²) < 4.78 is 72.4. The van der Waals surface area contributed by atoms with Gasteiger partial charge in [-0.1, -0.05) is 133 Å². The summed E-state index contributed by atoms with van der Waals surface area (Å²) >= 11 is 6.52. The smallest absolute Gasteiger partial charge is 0.495 e. The van der Waals surface area contributed by atoms with E-state index in [0.717, 1.165) is 24.8 Å². The number of nitrogen functional groups attached to an aromatic ring is 1. The molecule has 15 nitrogen and oxygen atoms in total. The Kier molecular flexibility index (Phi) is 20.8. The van der Waals surface area contributed by atoms with Crippen molar-refractivity contribution in [1.29, 1.82) is 5.26 Å². The van der Waals surface area contributed by atoms with Crippen LogP contribution < -0.4 is 15.0 Å². The maximum atomic E-state index is 14.9. The van der Waals surface area contributed by atoms with Crippen molar-refractivity contribution in [3.63, 3.8) is 0 Å². The van der Waals surface area contributed by atoms with Gasteiger partial charge in [-0.25, -0.2) is 14.1 Å². The highest BCUT2D eigenvalue weighted by Crippen LogP contribution is 2.55. The van der Waals surface area contributed by atoms with Crippen LogP contribution in [-0.4, -0.2) is 77.8 Å². The van der Waals surface area contributed by atoms with Gasteiger partial charge in [0.1, 0.15) is 59.4 Å². The molecule has 4 aromatic rings. The van der Waals surface area contributed by atoms with Gasteiger partial charge in [0.15, 0.2) is 11.6 Å². The lowest BCUT2D eigenvalue weighted by Crippen LogP contribution is -2.44. The minimum atomic E-state index is -4.51. The van der Waals surface area contributed by atoms with Crippen molar-refractivity contribution < 1.29 is 46.6 Å². The summed E-state index contributed by atoms with van der Waals surface area (Å²) in [5, 5.41) is 14.3. The second-order valence-corrected chi connectivity index (χ2v) is 20.6. The molecule has 2 aliphatic rings. The van der Waals surface area contributed by atoms with Gasteiger partial charge in [-0.15, -0.1) is 0 Å². The van der Waals surface area contributed by atoms with Crippen LogP contribution >= 0.6 is 19.4 Å². The Balaban J connectivity index is 1.06. The lowest BCUT2D eigenvalue weighted by molar-refractivity contribution is -0.212. The standard InChI is InChI=1S/C51H73ClN5O10P/c1-6-7-8-9-10-11-12-13-14-15-16-17-18-19-20-23-30-60-34-40(61-33-38-26-29-44(59-5)39(31-38)32-53)35-62-68(58,67-45-25-22-21-24-41(45)52)63-36-51(4)48-47(64-50(2,3)66-48)46(65-51)42-27-28-43-49(54)55-37-56-57(42)43/h21-22,24-29,31,37,40,46-48H,6-20,23,30,33-36H2,1-5H3,(H2,54,55,56)/t40-,46+,47+,48+,51-,68?/m1/s1. The number of fused-ring (bicyclic) bond motifs is 2. The van der Waals surface area contributed by atoms with Crippen molar-refractivity contribution in [2.45, 2.75) is 173 Å². The number of nitrogens with two attached hydrogens (primary N) is 1. The van der Waals surface area contributed by atoms with E-state index in [1.165, 1.54) is 96.9 Å². The number of benzene rings is 2. The average Bonchev–Trinajstić information content (AvgIpc) is 3.99. The Bertz CT molecular complexity index is 2260. The molecule has 2 aromatic heterocycles. The minimum Gasteiger partial charge on any atom is -0.495 e. The minimum absolute atomic E-state index is 0.101. The zero-order chi connectivity index (χ0) is 48.4. The number of nitrogens with zero attached hydrogens (tertiary/aromatic N) is 4. The third kappa shape index (κ3) is 15.3. The van der Waals surface area contributed by atoms with E-state index in [1.54, 1.807) is 47.8 Å². The van der Waals surface area contributed by atoms with Crippen LogP contribution in [0.1, 0.15) is 153 Å². The number of methoxy groups -OCH3 is 1. The third-order valence-corrected chi connectivity index (χ3v) is 14.2. The predicted octanol–water partition coefficient (Wildman–Crippen LogP) is 12.3. The summed E-state index contributed by atoms with van der Waals surface area (Å²) in [5.74, 6) is -0.0923. The van der Waals surface area contributed by atoms with Gasteiger partial charge in [0.2, 0.25) is 0 Å². The van der Waals surface area contributed by atoms with Crippen molar-refractivity contribution in [3.05, 3.63) is 82.8 Å². The van der Waals surface area contributed by atoms with Crippen molar-refractivity contribution in [1.82, 2.24) is 14.6 Å². The molecule has 0 aliphatic carbocycles. The normalized spacial score (nSPS) is 21.1. The molecular weight excluding hydrogens is 909 g/mol. The van der Waals surface area contributed by atoms with E-state index in [-0.39, 0.29) is 37.2 Å². The van der Waals surface area contributed by atoms with E-state index >= 15 is 0 Å². The largest absolute Gasteiger partial charge is 0.530 e. The molecule has 0 amide bonds. The molecule has 2 saturated heterocycles. The van der Waals surface area contributed by atoms with E-state index in [4.69, 9.17) is 59.3 Å². The van der Waals surface area contributed by atoms with Crippen LogP contribution in [0.2, 0.25) is 5.02 Å². The van der Waals surface area contributed by atoms with Gasteiger partial charge in [0, 0.05) is 6.61 Å². The summed E-state index contributed by atoms with van der Waals surface area (Å²) in [4.78, 5) is 4.12. The molecule has 68 heavy (non-hydrogen) atoms. The van der Waals surface area contributed by atoms with Crippen LogP contribution in [-0.2, 0) is 43.9 Å². The van der Waals surface area contributed by atoms with Gasteiger partial charge in [0.25, 0.3) is 0 Å². The fraction of sp³-hybridized carbons (Fsp3) is 0.627. The molecule has 0 bridgehead atoms. The lowest BCUT2D eigenvalue weighted by atomic mass is 9.97. The van der Waals surface area contributed by atoms with E-state index in [1.807, 2.05) is 32.0 Å². The van der Waals surface area contributed by atoms with Crippen molar-refractivity contribution in [3.8, 4) is 17.6 Å². The Morgan fingerprint density at radius 2 is 1.53 bits per heavy atom. The Morgan fingerprint density at radius 1 is 0.853 bits per heavy atom. The van der Waals surface area contributed by atoms with E-state index in [2.05, 4.69) is 23.1 Å². The second kappa shape index (κ2) is 26.4. The average molecular weight is 983 g/mol. The number of ether oxygens (including phenoxy) is 6. The molecule has 4 heterocycles. The topological polar surface area (TPSA) is 180 Å². The Labute approximate surface area is 408 Å². The van der Waals surface area contributed by atoms with Gasteiger partial charge < -0.3 is 38.7 Å². The highest BCUT2D eigenvalue weighted by atomic mass is 35.5. The summed E-state index contributed by atoms with van der Waals surface area (Å²) in [5.41, 5.74) is 7.32. The first-order valence-electron chi connectivity index (χ1n) is 24.6. The molecule has 1 unspecified atom stereocenters. The number of para-hydroxylation sites is 1. The number of halogens is 1. The fourth-order valence-corrected chi connectivity index (χ4v) is 10.4. The highest BCUT2D eigenvalue weighted by molar-refractivity contribution is 7.49. The van der Waals surface area contributed by atoms with Crippen LogP contribution in [0.5, 0.6) is 11.5 Å². The summed E-state index contributed by atoms with van der Waals surface area (Å²) in [6, 6.07) is 17.7. The number of aromatic nitrogens is 3. The fourth-order valence-electron chi connectivity index (χ4n) is 8.81. The Morgan fingerprint density at radius 3 is 2.19 bits per heavy atom. The Hall–Kier alpha value is -3.81. The third-order valence-electron chi connectivity index (χ3n) is 12.5. The molecule has 2 aliphatic heterocycles. The van der Waals surface area contributed by atoms with Gasteiger partial charge in [0.05, 0.1) is 49.8 Å². The number of phosphoric acid groups is 1. The van der Waals surface area contributed by atoms with Crippen molar-refractivity contribution in [2.75, 3.05) is 39.3 Å². The first-order valence-corrected chi connectivity index (χ1v) is 26.4. The predicted molar refractivity (Wildman–Crippen MR) is 262 cm³/mol. The van der Waals surface area contributed by atoms with Crippen molar-refractivity contribution >= 4 is 30.8 Å². The molecule has 2 N–H and O–H groups in total. The van der Waals surface area contributed by atoms with E-state index in [0.29, 0.717) is 34.9 Å². The molecule has 0 saturated carbocycles. The maximum absolute atomic E-state index is 14.9. The number of phosphoric ester groups is 1. The second-order valence-electron chi connectivity index (χ2n) is 18.6. The maximum Gasteiger partial charge on any atom is 0.530 e. The monoisotopic (exact) mass is 981 g/mol. The zero-order valence-corrected chi connectivity index (χ0v) is 42.4. The summed E-state index contributed by atoms with van der Waals surface area (Å²) in [7, 11) is -2.99. The number of nitriles is 1. The molecule has 2 aromatic carbocycles. The number of hydrogen-bond acceptors (Lipinski definition) is 14. The highest BCUT2D eigenvalue weighted by Gasteiger charge is 2.62. The molecule has 374 valence electrons. The number of hydrogen-bond donors (Lipinski definition) is 1. The molecular formula is C51H73ClN5O10P. The molecule has 6 rings (SSSR count). The van der Waals surface area contributed by atoms with E-state index < -0.39 is 43.6 Å². The van der Waals surface area contributed by atoms with Crippen LogP contribution in [0.4, 0.5) is 5.82 Å². The summed E-state index contributed by atoms with van der Waals surface area (Å²) in [6.45, 7) is 7.96. The zero-order valence-electron chi connectivity index (χ0n) is 40.7. The quantitative estimate of drug-likeness (QED) is 0.0360. The molecule has 6 atom stereocenters. The van der Waals surface area contributed by atoms with Crippen LogP contribution in [0.15, 0.2) is 60.9 Å². The SMILES string of the molecule is CCCCCCCCCCCCCCCCCCOC[C@H](COP(=O)(OC[C@@]1(C)O[C@@H](c2ccc3c(N)ncnn23)[C@@H]2OC(C)(C)O[C@@H]21)Oc1ccccc1Cl)OCc1ccc(OC)c(C#N)c1. The lowest BCUT2D eigenvalue weighted by Gasteiger charge is -2.32. The van der Waals surface area contributed by atoms with Crippen LogP contribution in [0.25, 0.3) is 5.52 Å². The molecule has 17 heteroatoms. The number of anilines is 1. The summed E-state index contributed by atoms with van der Waals surface area (Å²) in [6.07, 6.45) is 19.3. The first kappa shape index (κ1) is 53.5. The van der Waals surface area contributed by atoms with Gasteiger partial charge in [-0.3, -0.25) is 9.05 Å². The molecule has 0 radical (unpaired) electrons. The molecule has 2 fully saturated rings. The number of unbranched alkanes of at least 4 members (excludes halogenated alkanes) is 15. The molecule has 0 spiro atoms. The van der Waals surface area contributed by atoms with Gasteiger partial charge in [-0.05, 0) is 69.2 Å². The van der Waals surface area contributed by atoms with Gasteiger partial charge in [-0.2, -0.15) is 10.4 Å².